The fraction of sp³-hybridized carbons (Fsp3) is 0.800. The van der Waals surface area contributed by atoms with Gasteiger partial charge in [0.25, 0.3) is 0 Å². The van der Waals surface area contributed by atoms with Gasteiger partial charge >= 0.3 is 5.97 Å². The highest BCUT2D eigenvalue weighted by Gasteiger charge is 2.24. The second-order valence-corrected chi connectivity index (χ2v) is 6.31. The van der Waals surface area contributed by atoms with Gasteiger partial charge in [-0.05, 0) is 13.8 Å². The van der Waals surface area contributed by atoms with Crippen LogP contribution in [0, 0.1) is 5.92 Å². The standard InChI is InChI=1S/C10H19NO5S/c1-7(2)11-9(12)6-17(14,15)5-8(3)10(13)16-4/h7-8H,5-6H2,1-4H3,(H,11,12). The Bertz CT molecular complexity index is 374. The molecule has 0 aliphatic heterocycles. The van der Waals surface area contributed by atoms with E-state index in [0.29, 0.717) is 0 Å². The molecule has 0 heterocycles. The van der Waals surface area contributed by atoms with E-state index in [9.17, 15) is 18.0 Å². The highest BCUT2D eigenvalue weighted by molar-refractivity contribution is 7.92. The van der Waals surface area contributed by atoms with Gasteiger partial charge < -0.3 is 10.1 Å². The zero-order valence-electron chi connectivity index (χ0n) is 10.5. The van der Waals surface area contributed by atoms with Crippen molar-refractivity contribution in [1.82, 2.24) is 5.32 Å². The average Bonchev–Trinajstić information content (AvgIpc) is 2.12. The third-order valence-corrected chi connectivity index (χ3v) is 3.62. The Morgan fingerprint density at radius 3 is 2.18 bits per heavy atom. The first-order valence-electron chi connectivity index (χ1n) is 5.25. The quantitative estimate of drug-likeness (QED) is 0.668. The maximum Gasteiger partial charge on any atom is 0.309 e. The van der Waals surface area contributed by atoms with Crippen molar-refractivity contribution in [3.05, 3.63) is 0 Å². The molecule has 0 saturated carbocycles. The molecule has 1 N–H and O–H groups in total. The predicted octanol–water partition coefficient (Wildman–Crippen LogP) is -0.265. The van der Waals surface area contributed by atoms with Gasteiger partial charge in [-0.3, -0.25) is 9.59 Å². The SMILES string of the molecule is COC(=O)C(C)CS(=O)(=O)CC(=O)NC(C)C. The van der Waals surface area contributed by atoms with Crippen LogP contribution in [0.2, 0.25) is 0 Å². The van der Waals surface area contributed by atoms with Gasteiger partial charge in [0.05, 0.1) is 18.8 Å². The Balaban J connectivity index is 4.40. The minimum atomic E-state index is -3.59. The first-order valence-corrected chi connectivity index (χ1v) is 7.07. The lowest BCUT2D eigenvalue weighted by Gasteiger charge is -2.11. The van der Waals surface area contributed by atoms with Crippen molar-refractivity contribution in [2.75, 3.05) is 18.6 Å². The smallest absolute Gasteiger partial charge is 0.309 e. The molecule has 0 aliphatic carbocycles. The van der Waals surface area contributed by atoms with Crippen LogP contribution in [-0.4, -0.2) is 45.0 Å². The molecule has 0 bridgehead atoms. The lowest BCUT2D eigenvalue weighted by molar-refractivity contribution is -0.144. The van der Waals surface area contributed by atoms with E-state index < -0.39 is 33.4 Å². The number of carbonyl (C=O) groups excluding carboxylic acids is 2. The third kappa shape index (κ3) is 6.93. The Morgan fingerprint density at radius 2 is 1.76 bits per heavy atom. The van der Waals surface area contributed by atoms with Crippen LogP contribution in [0.1, 0.15) is 20.8 Å². The largest absolute Gasteiger partial charge is 0.469 e. The molecule has 0 fully saturated rings. The van der Waals surface area contributed by atoms with Gasteiger partial charge in [-0.25, -0.2) is 8.42 Å². The van der Waals surface area contributed by atoms with Crippen molar-refractivity contribution in [1.29, 1.82) is 0 Å². The molecule has 6 nitrogen and oxygen atoms in total. The van der Waals surface area contributed by atoms with E-state index in [1.807, 2.05) is 0 Å². The van der Waals surface area contributed by atoms with Gasteiger partial charge in [-0.15, -0.1) is 0 Å². The highest BCUT2D eigenvalue weighted by atomic mass is 32.2. The van der Waals surface area contributed by atoms with Gasteiger partial charge in [0, 0.05) is 6.04 Å². The summed E-state index contributed by atoms with van der Waals surface area (Å²) in [6.07, 6.45) is 0. The Morgan fingerprint density at radius 1 is 1.24 bits per heavy atom. The van der Waals surface area contributed by atoms with Crippen molar-refractivity contribution in [3.8, 4) is 0 Å². The molecule has 0 radical (unpaired) electrons. The molecular weight excluding hydrogens is 246 g/mol. The number of rotatable bonds is 6. The van der Waals surface area contributed by atoms with Gasteiger partial charge in [-0.2, -0.15) is 0 Å². The molecular formula is C10H19NO5S. The molecule has 0 aliphatic rings. The van der Waals surface area contributed by atoms with E-state index in [1.54, 1.807) is 13.8 Å². The maximum atomic E-state index is 11.6. The molecule has 17 heavy (non-hydrogen) atoms. The Labute approximate surface area is 102 Å². The summed E-state index contributed by atoms with van der Waals surface area (Å²) in [6.45, 7) is 4.92. The molecule has 0 rings (SSSR count). The van der Waals surface area contributed by atoms with Crippen LogP contribution in [0.4, 0.5) is 0 Å². The monoisotopic (exact) mass is 265 g/mol. The molecule has 7 heteroatoms. The number of hydrogen-bond donors (Lipinski definition) is 1. The van der Waals surface area contributed by atoms with Crippen molar-refractivity contribution in [2.24, 2.45) is 5.92 Å². The van der Waals surface area contributed by atoms with Crippen molar-refractivity contribution in [3.63, 3.8) is 0 Å². The lowest BCUT2D eigenvalue weighted by atomic mass is 10.2. The number of ether oxygens (including phenoxy) is 1. The second kappa shape index (κ2) is 6.58. The molecule has 1 unspecified atom stereocenters. The zero-order valence-corrected chi connectivity index (χ0v) is 11.3. The average molecular weight is 265 g/mol. The van der Waals surface area contributed by atoms with Crippen LogP contribution in [0.15, 0.2) is 0 Å². The second-order valence-electron chi connectivity index (χ2n) is 4.20. The fourth-order valence-electron chi connectivity index (χ4n) is 1.27. The normalized spacial score (nSPS) is 13.2. The van der Waals surface area contributed by atoms with Gasteiger partial charge in [-0.1, -0.05) is 6.92 Å². The summed E-state index contributed by atoms with van der Waals surface area (Å²) in [4.78, 5) is 22.3. The van der Waals surface area contributed by atoms with Crippen LogP contribution < -0.4 is 5.32 Å². The van der Waals surface area contributed by atoms with Gasteiger partial charge in [0.1, 0.15) is 5.75 Å². The first-order chi connectivity index (χ1) is 7.68. The van der Waals surface area contributed by atoms with E-state index in [-0.39, 0.29) is 11.8 Å². The molecule has 0 aromatic heterocycles. The minimum absolute atomic E-state index is 0.115. The lowest BCUT2D eigenvalue weighted by Crippen LogP contribution is -2.37. The summed E-state index contributed by atoms with van der Waals surface area (Å²) < 4.78 is 27.6. The maximum absolute atomic E-state index is 11.6. The zero-order chi connectivity index (χ0) is 13.6. The van der Waals surface area contributed by atoms with Crippen LogP contribution in [0.25, 0.3) is 0 Å². The fourth-order valence-corrected chi connectivity index (χ4v) is 2.77. The Hall–Kier alpha value is -1.11. The van der Waals surface area contributed by atoms with Crippen molar-refractivity contribution >= 4 is 21.7 Å². The number of carbonyl (C=O) groups is 2. The van der Waals surface area contributed by atoms with Crippen molar-refractivity contribution < 1.29 is 22.7 Å². The summed E-state index contributed by atoms with van der Waals surface area (Å²) in [6, 6.07) is -0.115. The van der Waals surface area contributed by atoms with Crippen LogP contribution in [0.5, 0.6) is 0 Å². The van der Waals surface area contributed by atoms with Crippen LogP contribution in [-0.2, 0) is 24.2 Å². The number of methoxy groups -OCH3 is 1. The van der Waals surface area contributed by atoms with Gasteiger partial charge in [0.2, 0.25) is 5.91 Å². The molecule has 0 saturated heterocycles. The van der Waals surface area contributed by atoms with E-state index in [4.69, 9.17) is 0 Å². The molecule has 1 amide bonds. The molecule has 0 aromatic carbocycles. The summed E-state index contributed by atoms with van der Waals surface area (Å²) in [5.41, 5.74) is 0. The highest BCUT2D eigenvalue weighted by Crippen LogP contribution is 2.04. The minimum Gasteiger partial charge on any atom is -0.469 e. The summed E-state index contributed by atoms with van der Waals surface area (Å²) in [5, 5.41) is 2.48. The molecule has 1 atom stereocenters. The number of hydrogen-bond acceptors (Lipinski definition) is 5. The first kappa shape index (κ1) is 15.9. The van der Waals surface area contributed by atoms with Crippen LogP contribution in [0.3, 0.4) is 0 Å². The molecule has 100 valence electrons. The summed E-state index contributed by atoms with van der Waals surface area (Å²) >= 11 is 0. The van der Waals surface area contributed by atoms with Crippen LogP contribution >= 0.6 is 0 Å². The number of amides is 1. The number of sulfone groups is 1. The van der Waals surface area contributed by atoms with E-state index in [1.165, 1.54) is 14.0 Å². The number of esters is 1. The Kier molecular flexibility index (Phi) is 6.15. The molecule has 0 spiro atoms. The molecule has 0 aromatic rings. The van der Waals surface area contributed by atoms with E-state index >= 15 is 0 Å². The van der Waals surface area contributed by atoms with E-state index in [0.717, 1.165) is 0 Å². The number of nitrogens with one attached hydrogen (secondary N) is 1. The third-order valence-electron chi connectivity index (χ3n) is 1.91. The van der Waals surface area contributed by atoms with E-state index in [2.05, 4.69) is 10.1 Å². The predicted molar refractivity (Wildman–Crippen MR) is 63.1 cm³/mol. The van der Waals surface area contributed by atoms with Crippen molar-refractivity contribution in [2.45, 2.75) is 26.8 Å². The summed E-state index contributed by atoms with van der Waals surface area (Å²) in [7, 11) is -2.40. The summed E-state index contributed by atoms with van der Waals surface area (Å²) in [5.74, 6) is -2.91. The topological polar surface area (TPSA) is 89.5 Å². The van der Waals surface area contributed by atoms with Gasteiger partial charge in [0.15, 0.2) is 9.84 Å².